The molecule has 0 unspecified atom stereocenters. The summed E-state index contributed by atoms with van der Waals surface area (Å²) in [6, 6.07) is 5.68. The Hall–Kier alpha value is -3.60. The Kier molecular flexibility index (Phi) is 13.1. The van der Waals surface area contributed by atoms with E-state index in [9.17, 15) is 9.59 Å². The number of aldehydes is 1. The Balaban J connectivity index is 1.66. The standard InChI is InChI=1S/C40H62N6O6Si2/c1-12-51-28(2)35-36(30-21-32-15-16-33(22-30)45(32)39(48)52-40(3,4)5)43-37-34(29-13-14-31(25-47)41-23-29)24-42-46(37)38(35)44(26-49-17-19-53(6,7)8)27-50-18-20-54(9,10)11/h13-14,23-25,30,32-33H,2,12,15-22,26-27H2,1,3-11H3/t30-,32+,33-. The molecule has 0 aromatic carbocycles. The van der Waals surface area contributed by atoms with Gasteiger partial charge in [0.1, 0.15) is 36.3 Å². The second kappa shape index (κ2) is 17.0. The number of fused-ring (bicyclic) bond motifs is 3. The number of ether oxygens (including phenoxy) is 4. The third-order valence-electron chi connectivity index (χ3n) is 9.98. The number of amides is 1. The summed E-state index contributed by atoms with van der Waals surface area (Å²) in [5.41, 5.74) is 3.61. The van der Waals surface area contributed by atoms with Crippen molar-refractivity contribution in [2.24, 2.45) is 0 Å². The molecule has 2 fully saturated rings. The average Bonchev–Trinajstić information content (AvgIpc) is 3.62. The molecule has 5 heterocycles. The van der Waals surface area contributed by atoms with Gasteiger partial charge in [-0.2, -0.15) is 9.61 Å². The minimum absolute atomic E-state index is 0.00192. The van der Waals surface area contributed by atoms with Crippen LogP contribution in [0.4, 0.5) is 10.6 Å². The first-order valence-electron chi connectivity index (χ1n) is 19.5. The van der Waals surface area contributed by atoms with Crippen LogP contribution < -0.4 is 4.90 Å². The van der Waals surface area contributed by atoms with Gasteiger partial charge in [-0.3, -0.25) is 9.78 Å². The maximum absolute atomic E-state index is 13.5. The molecule has 2 saturated heterocycles. The van der Waals surface area contributed by atoms with Crippen LogP contribution in [0.3, 0.4) is 0 Å². The number of nitrogens with zero attached hydrogens (tertiary/aromatic N) is 6. The van der Waals surface area contributed by atoms with Gasteiger partial charge in [-0.15, -0.1) is 0 Å². The summed E-state index contributed by atoms with van der Waals surface area (Å²) in [6.45, 7) is 28.5. The van der Waals surface area contributed by atoms with Gasteiger partial charge in [-0.25, -0.2) is 9.78 Å². The van der Waals surface area contributed by atoms with Gasteiger partial charge in [-0.05, 0) is 71.5 Å². The van der Waals surface area contributed by atoms with Crippen LogP contribution in [-0.2, 0) is 18.9 Å². The van der Waals surface area contributed by atoms with Crippen LogP contribution in [0.25, 0.3) is 22.5 Å². The number of carbonyl (C=O) groups excluding carboxylic acids is 2. The Bertz CT molecular complexity index is 1740. The number of pyridine rings is 1. The zero-order chi connectivity index (χ0) is 39.4. The molecule has 5 rings (SSSR count). The molecule has 0 N–H and O–H groups in total. The lowest BCUT2D eigenvalue weighted by Crippen LogP contribution is -2.48. The van der Waals surface area contributed by atoms with E-state index in [1.165, 1.54) is 0 Å². The fourth-order valence-electron chi connectivity index (χ4n) is 7.21. The molecule has 2 aliphatic heterocycles. The van der Waals surface area contributed by atoms with Crippen molar-refractivity contribution in [1.82, 2.24) is 24.5 Å². The van der Waals surface area contributed by atoms with Gasteiger partial charge < -0.3 is 28.7 Å². The van der Waals surface area contributed by atoms with Crippen molar-refractivity contribution in [2.75, 3.05) is 38.2 Å². The van der Waals surface area contributed by atoms with Crippen molar-refractivity contribution >= 4 is 45.8 Å². The van der Waals surface area contributed by atoms with Gasteiger partial charge in [0.05, 0.1) is 24.1 Å². The third-order valence-corrected chi connectivity index (χ3v) is 13.4. The topological polar surface area (TPSA) is 121 Å². The minimum Gasteiger partial charge on any atom is -0.494 e. The van der Waals surface area contributed by atoms with E-state index in [1.54, 1.807) is 18.5 Å². The quantitative estimate of drug-likeness (QED) is 0.0433. The first-order chi connectivity index (χ1) is 25.4. The molecule has 0 aliphatic carbocycles. The second-order valence-electron chi connectivity index (χ2n) is 18.1. The van der Waals surface area contributed by atoms with E-state index in [1.807, 2.05) is 43.2 Å². The van der Waals surface area contributed by atoms with E-state index in [-0.39, 0.29) is 37.6 Å². The molecule has 0 spiro atoms. The molecule has 3 atom stereocenters. The summed E-state index contributed by atoms with van der Waals surface area (Å²) < 4.78 is 26.9. The van der Waals surface area contributed by atoms with Crippen molar-refractivity contribution in [3.8, 4) is 11.1 Å². The van der Waals surface area contributed by atoms with Crippen LogP contribution in [0.1, 0.15) is 81.0 Å². The summed E-state index contributed by atoms with van der Waals surface area (Å²) in [6.07, 6.45) is 7.24. The second-order valence-corrected chi connectivity index (χ2v) is 29.4. The van der Waals surface area contributed by atoms with Crippen molar-refractivity contribution in [3.05, 3.63) is 48.1 Å². The van der Waals surface area contributed by atoms with E-state index in [0.717, 1.165) is 72.3 Å². The maximum Gasteiger partial charge on any atom is 0.410 e. The highest BCUT2D eigenvalue weighted by Crippen LogP contribution is 2.47. The van der Waals surface area contributed by atoms with Crippen LogP contribution in [-0.4, -0.2) is 104 Å². The largest absolute Gasteiger partial charge is 0.494 e. The number of hydrogen-bond donors (Lipinski definition) is 0. The van der Waals surface area contributed by atoms with Crippen LogP contribution in [0.5, 0.6) is 0 Å². The molecule has 0 saturated carbocycles. The molecule has 54 heavy (non-hydrogen) atoms. The molecule has 12 nitrogen and oxygen atoms in total. The van der Waals surface area contributed by atoms with Gasteiger partial charge >= 0.3 is 6.09 Å². The van der Waals surface area contributed by atoms with Crippen molar-refractivity contribution in [1.29, 1.82) is 0 Å². The lowest BCUT2D eigenvalue weighted by atomic mass is 9.85. The Morgan fingerprint density at radius 3 is 2.09 bits per heavy atom. The number of hydrogen-bond acceptors (Lipinski definition) is 10. The highest BCUT2D eigenvalue weighted by Gasteiger charge is 2.46. The van der Waals surface area contributed by atoms with Crippen LogP contribution in [0, 0.1) is 0 Å². The van der Waals surface area contributed by atoms with E-state index < -0.39 is 21.7 Å². The average molecular weight is 779 g/mol. The monoisotopic (exact) mass is 778 g/mol. The maximum atomic E-state index is 13.5. The first-order valence-corrected chi connectivity index (χ1v) is 26.9. The molecular weight excluding hydrogens is 717 g/mol. The summed E-state index contributed by atoms with van der Waals surface area (Å²) in [5.74, 6) is 1.24. The van der Waals surface area contributed by atoms with E-state index in [4.69, 9.17) is 29.0 Å². The van der Waals surface area contributed by atoms with Crippen LogP contribution in [0.2, 0.25) is 51.4 Å². The number of carbonyl (C=O) groups is 2. The van der Waals surface area contributed by atoms with Crippen molar-refractivity contribution < 1.29 is 28.5 Å². The molecule has 2 aliphatic rings. The fourth-order valence-corrected chi connectivity index (χ4v) is 8.73. The highest BCUT2D eigenvalue weighted by molar-refractivity contribution is 6.76. The molecule has 296 valence electrons. The molecular formula is C40H62N6O6Si2. The van der Waals surface area contributed by atoms with Gasteiger partial charge in [0.25, 0.3) is 0 Å². The lowest BCUT2D eigenvalue weighted by Gasteiger charge is -2.40. The normalized spacial score (nSPS) is 18.9. The van der Waals surface area contributed by atoms with Gasteiger partial charge in [0, 0.05) is 64.7 Å². The van der Waals surface area contributed by atoms with E-state index in [2.05, 4.69) is 55.7 Å². The van der Waals surface area contributed by atoms with Gasteiger partial charge in [0.2, 0.25) is 0 Å². The fraction of sp³-hybridized carbons (Fsp3) is 0.625. The van der Waals surface area contributed by atoms with Gasteiger partial charge in [-0.1, -0.05) is 51.9 Å². The van der Waals surface area contributed by atoms with E-state index >= 15 is 0 Å². The number of aromatic nitrogens is 4. The molecule has 3 aromatic heterocycles. The molecule has 3 aromatic rings. The predicted octanol–water partition coefficient (Wildman–Crippen LogP) is 8.69. The van der Waals surface area contributed by atoms with Crippen molar-refractivity contribution in [3.63, 3.8) is 0 Å². The van der Waals surface area contributed by atoms with Crippen LogP contribution >= 0.6 is 0 Å². The summed E-state index contributed by atoms with van der Waals surface area (Å²) >= 11 is 0. The molecule has 14 heteroatoms. The summed E-state index contributed by atoms with van der Waals surface area (Å²) in [4.78, 5) is 38.8. The Labute approximate surface area is 323 Å². The minimum atomic E-state index is -1.35. The zero-order valence-electron chi connectivity index (χ0n) is 34.2. The summed E-state index contributed by atoms with van der Waals surface area (Å²) in [5, 5.41) is 4.95. The van der Waals surface area contributed by atoms with Crippen LogP contribution in [0.15, 0.2) is 31.1 Å². The number of piperidine rings is 1. The van der Waals surface area contributed by atoms with Gasteiger partial charge in [0.15, 0.2) is 11.9 Å². The summed E-state index contributed by atoms with van der Waals surface area (Å²) in [7, 11) is -2.69. The number of rotatable bonds is 17. The predicted molar refractivity (Wildman–Crippen MR) is 220 cm³/mol. The lowest BCUT2D eigenvalue weighted by molar-refractivity contribution is 0.00565. The third kappa shape index (κ3) is 10.4. The molecule has 0 radical (unpaired) electrons. The SMILES string of the molecule is C=C(OCC)c1c([C@H]2C[C@H]3CC[C@@H](C2)N3C(=O)OC(C)(C)C)nc2c(-c3ccc(C=O)nc3)cnn2c1N(COCC[Si](C)(C)C)COCC[Si](C)(C)C. The Morgan fingerprint density at radius 1 is 0.981 bits per heavy atom. The molecule has 2 bridgehead atoms. The highest BCUT2D eigenvalue weighted by atomic mass is 28.3. The smallest absolute Gasteiger partial charge is 0.410 e. The first kappa shape index (κ1) is 41.6. The van der Waals surface area contributed by atoms with E-state index in [0.29, 0.717) is 36.9 Å². The van der Waals surface area contributed by atoms with Crippen molar-refractivity contribution in [2.45, 2.75) is 128 Å². The molecule has 1 amide bonds. The zero-order valence-corrected chi connectivity index (χ0v) is 36.2. The Morgan fingerprint density at radius 2 is 1.59 bits per heavy atom. The number of anilines is 1.